The van der Waals surface area contributed by atoms with E-state index in [1.165, 1.54) is 29.5 Å². The van der Waals surface area contributed by atoms with Gasteiger partial charge in [0.2, 0.25) is 0 Å². The van der Waals surface area contributed by atoms with Gasteiger partial charge in [-0.25, -0.2) is 4.39 Å². The maximum Gasteiger partial charge on any atom is 0.272 e. The standard InChI is InChI=1S/C15H15FN2O2S/c1-17-9-11-2-4-15(5-3-11)21-10-12-6-13(16)8-14(7-12)18(19)20/h2-8,17H,9-10H2,1H3. The highest BCUT2D eigenvalue weighted by Gasteiger charge is 2.10. The first-order valence-electron chi connectivity index (χ1n) is 6.38. The van der Waals surface area contributed by atoms with E-state index in [2.05, 4.69) is 5.32 Å². The van der Waals surface area contributed by atoms with Crippen molar-refractivity contribution in [3.63, 3.8) is 0 Å². The molecule has 0 aromatic heterocycles. The van der Waals surface area contributed by atoms with Gasteiger partial charge >= 0.3 is 0 Å². The normalized spacial score (nSPS) is 10.6. The molecule has 0 aliphatic heterocycles. The van der Waals surface area contributed by atoms with Crippen LogP contribution in [0.1, 0.15) is 11.1 Å². The van der Waals surface area contributed by atoms with E-state index in [0.717, 1.165) is 17.5 Å². The summed E-state index contributed by atoms with van der Waals surface area (Å²) in [6, 6.07) is 11.7. The molecule has 0 bridgehead atoms. The fourth-order valence-electron chi connectivity index (χ4n) is 1.90. The Morgan fingerprint density at radius 3 is 2.52 bits per heavy atom. The molecule has 0 heterocycles. The van der Waals surface area contributed by atoms with Crippen molar-refractivity contribution in [3.05, 3.63) is 69.5 Å². The van der Waals surface area contributed by atoms with Crippen LogP contribution >= 0.6 is 11.8 Å². The lowest BCUT2D eigenvalue weighted by atomic mass is 10.2. The SMILES string of the molecule is CNCc1ccc(SCc2cc(F)cc([N+](=O)[O-])c2)cc1. The van der Waals surface area contributed by atoms with Crippen molar-refractivity contribution in [1.29, 1.82) is 0 Å². The highest BCUT2D eigenvalue weighted by atomic mass is 32.2. The first-order valence-corrected chi connectivity index (χ1v) is 7.37. The molecule has 2 rings (SSSR count). The molecule has 0 spiro atoms. The highest BCUT2D eigenvalue weighted by molar-refractivity contribution is 7.98. The molecule has 0 saturated heterocycles. The Hall–Kier alpha value is -1.92. The highest BCUT2D eigenvalue weighted by Crippen LogP contribution is 2.25. The zero-order valence-electron chi connectivity index (χ0n) is 11.5. The van der Waals surface area contributed by atoms with Crippen molar-refractivity contribution < 1.29 is 9.31 Å². The molecular formula is C15H15FN2O2S. The third-order valence-corrected chi connectivity index (χ3v) is 3.95. The molecule has 0 atom stereocenters. The van der Waals surface area contributed by atoms with Crippen molar-refractivity contribution in [2.45, 2.75) is 17.2 Å². The lowest BCUT2D eigenvalue weighted by Gasteiger charge is -2.05. The summed E-state index contributed by atoms with van der Waals surface area (Å²) in [7, 11) is 1.89. The molecule has 0 aliphatic rings. The van der Waals surface area contributed by atoms with Crippen LogP contribution in [0.4, 0.5) is 10.1 Å². The van der Waals surface area contributed by atoms with Crippen molar-refractivity contribution in [2.75, 3.05) is 7.05 Å². The summed E-state index contributed by atoms with van der Waals surface area (Å²) in [5.41, 5.74) is 1.57. The minimum absolute atomic E-state index is 0.213. The van der Waals surface area contributed by atoms with Gasteiger partial charge in [-0.3, -0.25) is 10.1 Å². The van der Waals surface area contributed by atoms with E-state index in [0.29, 0.717) is 11.3 Å². The predicted octanol–water partition coefficient (Wildman–Crippen LogP) is 3.75. The average molecular weight is 306 g/mol. The van der Waals surface area contributed by atoms with Crippen LogP contribution in [0.15, 0.2) is 47.4 Å². The van der Waals surface area contributed by atoms with Crippen LogP contribution in [0.3, 0.4) is 0 Å². The first kappa shape index (κ1) is 15.5. The van der Waals surface area contributed by atoms with Crippen LogP contribution in [0.5, 0.6) is 0 Å². The molecule has 0 amide bonds. The van der Waals surface area contributed by atoms with Crippen molar-refractivity contribution >= 4 is 17.4 Å². The van der Waals surface area contributed by atoms with Gasteiger partial charge < -0.3 is 5.32 Å². The molecule has 21 heavy (non-hydrogen) atoms. The van der Waals surface area contributed by atoms with Gasteiger partial charge in [-0.05, 0) is 36.4 Å². The topological polar surface area (TPSA) is 55.2 Å². The number of nitro benzene ring substituents is 1. The number of nitrogens with one attached hydrogen (secondary N) is 1. The second-order valence-electron chi connectivity index (χ2n) is 4.54. The van der Waals surface area contributed by atoms with Crippen LogP contribution in [0.25, 0.3) is 0 Å². The van der Waals surface area contributed by atoms with Gasteiger partial charge in [0.15, 0.2) is 0 Å². The number of nitrogens with zero attached hydrogens (tertiary/aromatic N) is 1. The number of nitro groups is 1. The van der Waals surface area contributed by atoms with E-state index in [4.69, 9.17) is 0 Å². The average Bonchev–Trinajstić information content (AvgIpc) is 2.46. The van der Waals surface area contributed by atoms with Crippen LogP contribution in [0, 0.1) is 15.9 Å². The third-order valence-electron chi connectivity index (χ3n) is 2.86. The van der Waals surface area contributed by atoms with E-state index in [9.17, 15) is 14.5 Å². The number of hydrogen-bond acceptors (Lipinski definition) is 4. The van der Waals surface area contributed by atoms with E-state index in [-0.39, 0.29) is 5.69 Å². The van der Waals surface area contributed by atoms with Crippen molar-refractivity contribution in [3.8, 4) is 0 Å². The minimum atomic E-state index is -0.580. The second kappa shape index (κ2) is 7.19. The van der Waals surface area contributed by atoms with Gasteiger partial charge in [0, 0.05) is 23.3 Å². The molecule has 110 valence electrons. The second-order valence-corrected chi connectivity index (χ2v) is 5.59. The summed E-state index contributed by atoms with van der Waals surface area (Å²) < 4.78 is 13.3. The maximum absolute atomic E-state index is 13.3. The Kier molecular flexibility index (Phi) is 5.30. The molecular weight excluding hydrogens is 291 g/mol. The maximum atomic E-state index is 13.3. The zero-order valence-corrected chi connectivity index (χ0v) is 12.3. The van der Waals surface area contributed by atoms with Crippen molar-refractivity contribution in [1.82, 2.24) is 5.32 Å². The number of rotatable bonds is 6. The van der Waals surface area contributed by atoms with E-state index < -0.39 is 10.7 Å². The first-order chi connectivity index (χ1) is 10.1. The molecule has 6 heteroatoms. The summed E-state index contributed by atoms with van der Waals surface area (Å²) in [5.74, 6) is -0.0894. The Labute approximate surface area is 126 Å². The molecule has 2 aromatic carbocycles. The van der Waals surface area contributed by atoms with Gasteiger partial charge in [0.25, 0.3) is 5.69 Å². The number of halogens is 1. The fraction of sp³-hybridized carbons (Fsp3) is 0.200. The Balaban J connectivity index is 2.04. The van der Waals surface area contributed by atoms with Gasteiger partial charge in [-0.1, -0.05) is 12.1 Å². The number of non-ortho nitro benzene ring substituents is 1. The zero-order chi connectivity index (χ0) is 15.2. The minimum Gasteiger partial charge on any atom is -0.316 e. The lowest BCUT2D eigenvalue weighted by molar-refractivity contribution is -0.385. The van der Waals surface area contributed by atoms with E-state index in [1.807, 2.05) is 31.3 Å². The third kappa shape index (κ3) is 4.54. The number of thioether (sulfide) groups is 1. The van der Waals surface area contributed by atoms with Crippen molar-refractivity contribution in [2.24, 2.45) is 0 Å². The fourth-order valence-corrected chi connectivity index (χ4v) is 2.72. The smallest absolute Gasteiger partial charge is 0.272 e. The van der Waals surface area contributed by atoms with Gasteiger partial charge in [0.1, 0.15) is 5.82 Å². The summed E-state index contributed by atoms with van der Waals surface area (Å²) in [6.07, 6.45) is 0. The van der Waals surface area contributed by atoms with Gasteiger partial charge in [0.05, 0.1) is 11.0 Å². The summed E-state index contributed by atoms with van der Waals surface area (Å²) >= 11 is 1.52. The molecule has 0 radical (unpaired) electrons. The van der Waals surface area contributed by atoms with Crippen LogP contribution in [0.2, 0.25) is 0 Å². The van der Waals surface area contributed by atoms with E-state index in [1.54, 1.807) is 0 Å². The van der Waals surface area contributed by atoms with Gasteiger partial charge in [-0.2, -0.15) is 0 Å². The predicted molar refractivity (Wildman–Crippen MR) is 81.8 cm³/mol. The van der Waals surface area contributed by atoms with Crippen LogP contribution in [-0.4, -0.2) is 12.0 Å². The van der Waals surface area contributed by atoms with Crippen LogP contribution in [-0.2, 0) is 12.3 Å². The lowest BCUT2D eigenvalue weighted by Crippen LogP contribution is -2.04. The summed E-state index contributed by atoms with van der Waals surface area (Å²) in [4.78, 5) is 11.2. The summed E-state index contributed by atoms with van der Waals surface area (Å²) in [5, 5.41) is 13.8. The molecule has 0 saturated carbocycles. The monoisotopic (exact) mass is 306 g/mol. The quantitative estimate of drug-likeness (QED) is 0.502. The molecule has 4 nitrogen and oxygen atoms in total. The number of benzene rings is 2. The Morgan fingerprint density at radius 2 is 1.90 bits per heavy atom. The number of hydrogen-bond donors (Lipinski definition) is 1. The molecule has 0 aliphatic carbocycles. The molecule has 0 unspecified atom stereocenters. The Morgan fingerprint density at radius 1 is 1.19 bits per heavy atom. The van der Waals surface area contributed by atoms with E-state index >= 15 is 0 Å². The molecule has 1 N–H and O–H groups in total. The van der Waals surface area contributed by atoms with Crippen LogP contribution < -0.4 is 5.32 Å². The largest absolute Gasteiger partial charge is 0.316 e. The summed E-state index contributed by atoms with van der Waals surface area (Å²) in [6.45, 7) is 0.807. The Bertz CT molecular complexity index is 632. The molecule has 0 fully saturated rings. The van der Waals surface area contributed by atoms with Gasteiger partial charge in [-0.15, -0.1) is 11.8 Å². The molecule has 2 aromatic rings.